The molecule has 0 spiro atoms. The third-order valence-corrected chi connectivity index (χ3v) is 11.5. The molecule has 0 radical (unpaired) electrons. The second-order valence-corrected chi connectivity index (χ2v) is 16.5. The molecule has 3 aliphatic rings. The summed E-state index contributed by atoms with van der Waals surface area (Å²) in [6.45, 7) is 15.0. The van der Waals surface area contributed by atoms with Crippen LogP contribution in [0.2, 0.25) is 0 Å². The highest BCUT2D eigenvalue weighted by Gasteiger charge is 2.32. The number of anilines is 2. The Labute approximate surface area is 318 Å². The van der Waals surface area contributed by atoms with Gasteiger partial charge in [-0.15, -0.1) is 10.2 Å². The Bertz CT molecular complexity index is 2060. The maximum absolute atomic E-state index is 13.8. The molecule has 0 bridgehead atoms. The maximum Gasteiger partial charge on any atom is 0.320 e. The van der Waals surface area contributed by atoms with E-state index >= 15 is 0 Å². The lowest BCUT2D eigenvalue weighted by atomic mass is 9.85. The van der Waals surface area contributed by atoms with E-state index in [0.717, 1.165) is 91.7 Å². The van der Waals surface area contributed by atoms with Crippen LogP contribution in [0, 0.1) is 0 Å². The fraction of sp³-hybridized carbons (Fsp3) is 0.537. The van der Waals surface area contributed by atoms with Crippen molar-refractivity contribution < 1.29 is 9.53 Å². The van der Waals surface area contributed by atoms with E-state index in [4.69, 9.17) is 9.84 Å². The fourth-order valence-electron chi connectivity index (χ4n) is 8.46. The zero-order valence-corrected chi connectivity index (χ0v) is 32.4. The number of nitrogens with zero attached hydrogens (tertiary/aromatic N) is 9. The van der Waals surface area contributed by atoms with Crippen LogP contribution < -0.4 is 20.3 Å². The van der Waals surface area contributed by atoms with Gasteiger partial charge in [-0.3, -0.25) is 14.4 Å². The predicted octanol–water partition coefficient (Wildman–Crippen LogP) is 7.44. The highest BCUT2D eigenvalue weighted by Crippen LogP contribution is 2.39. The Balaban J connectivity index is 0.966. The lowest BCUT2D eigenvalue weighted by molar-refractivity contribution is 0.171. The van der Waals surface area contributed by atoms with Crippen molar-refractivity contribution in [3.05, 3.63) is 77.9 Å². The predicted molar refractivity (Wildman–Crippen MR) is 211 cm³/mol. The minimum absolute atomic E-state index is 0.158. The number of hydrogen-bond acceptors (Lipinski definition) is 8. The van der Waals surface area contributed by atoms with Crippen molar-refractivity contribution >= 4 is 23.4 Å². The van der Waals surface area contributed by atoms with Crippen LogP contribution in [0.3, 0.4) is 0 Å². The van der Waals surface area contributed by atoms with E-state index in [9.17, 15) is 4.79 Å². The van der Waals surface area contributed by atoms with Crippen LogP contribution in [0.5, 0.6) is 5.75 Å². The van der Waals surface area contributed by atoms with Crippen molar-refractivity contribution in [1.29, 1.82) is 0 Å². The zero-order chi connectivity index (χ0) is 37.4. The van der Waals surface area contributed by atoms with Gasteiger partial charge in [0.25, 0.3) is 0 Å². The summed E-state index contributed by atoms with van der Waals surface area (Å²) in [4.78, 5) is 18.7. The summed E-state index contributed by atoms with van der Waals surface area (Å²) in [5, 5.41) is 25.1. The van der Waals surface area contributed by atoms with Crippen molar-refractivity contribution in [3.8, 4) is 11.4 Å². The molecule has 0 unspecified atom stereocenters. The van der Waals surface area contributed by atoms with Gasteiger partial charge in [-0.1, -0.05) is 51.5 Å². The number of piperidine rings is 2. The van der Waals surface area contributed by atoms with Crippen LogP contribution >= 0.6 is 0 Å². The molecule has 54 heavy (non-hydrogen) atoms. The van der Waals surface area contributed by atoms with Crippen molar-refractivity contribution in [2.24, 2.45) is 0 Å². The quantitative estimate of drug-likeness (QED) is 0.160. The van der Waals surface area contributed by atoms with E-state index in [1.807, 2.05) is 53.6 Å². The highest BCUT2D eigenvalue weighted by atomic mass is 16.5. The number of aromatic nitrogens is 7. The zero-order valence-electron chi connectivity index (χ0n) is 32.4. The average molecular weight is 734 g/mol. The summed E-state index contributed by atoms with van der Waals surface area (Å²) in [7, 11) is 0. The lowest BCUT2D eigenvalue weighted by Crippen LogP contribution is -2.44. The summed E-state index contributed by atoms with van der Waals surface area (Å²) < 4.78 is 12.5. The third-order valence-electron chi connectivity index (χ3n) is 11.5. The van der Waals surface area contributed by atoms with Gasteiger partial charge in [0, 0.05) is 30.1 Å². The normalized spacial score (nSPS) is 22.3. The smallest absolute Gasteiger partial charge is 0.320 e. The third kappa shape index (κ3) is 7.55. The molecule has 2 amide bonds. The number of hydrogen-bond donors (Lipinski definition) is 2. The number of rotatable bonds is 9. The molecular weight excluding hydrogens is 679 g/mol. The van der Waals surface area contributed by atoms with Gasteiger partial charge in [0.05, 0.1) is 36.9 Å². The van der Waals surface area contributed by atoms with Gasteiger partial charge in [-0.05, 0) is 95.1 Å². The van der Waals surface area contributed by atoms with E-state index in [1.165, 1.54) is 25.7 Å². The molecule has 5 aromatic rings. The van der Waals surface area contributed by atoms with Crippen LogP contribution in [0.15, 0.2) is 61.1 Å². The Morgan fingerprint density at radius 3 is 2.44 bits per heavy atom. The SMILES string of the molecule is C[C@@H]1CCC[C@H](C)N1c1nnc2ccc(O[C@@H]3CC[C@H](NC(=O)Nc4cc(C(C)(C)C)nn4-c4cnn(CCN5CCCCC5)c4)c4ccccc43)cn12. The average Bonchev–Trinajstić information content (AvgIpc) is 3.91. The highest BCUT2D eigenvalue weighted by molar-refractivity contribution is 5.89. The molecule has 1 aliphatic carbocycles. The Morgan fingerprint density at radius 1 is 0.889 bits per heavy atom. The van der Waals surface area contributed by atoms with Gasteiger partial charge in [0.15, 0.2) is 5.65 Å². The van der Waals surface area contributed by atoms with Crippen molar-refractivity contribution in [2.45, 2.75) is 122 Å². The van der Waals surface area contributed by atoms with Crippen LogP contribution in [-0.4, -0.2) is 76.8 Å². The van der Waals surface area contributed by atoms with Gasteiger partial charge in [-0.25, -0.2) is 9.48 Å². The second-order valence-electron chi connectivity index (χ2n) is 16.5. The molecule has 13 nitrogen and oxygen atoms in total. The fourth-order valence-corrected chi connectivity index (χ4v) is 8.46. The summed E-state index contributed by atoms with van der Waals surface area (Å²) in [5.74, 6) is 2.24. The molecule has 4 aromatic heterocycles. The number of urea groups is 1. The molecule has 13 heteroatoms. The minimum atomic E-state index is -0.278. The Hall–Kier alpha value is -4.91. The van der Waals surface area contributed by atoms with E-state index < -0.39 is 0 Å². The topological polar surface area (TPSA) is 123 Å². The van der Waals surface area contributed by atoms with Crippen LogP contribution in [0.1, 0.15) is 115 Å². The number of amides is 2. The molecule has 2 fully saturated rings. The number of pyridine rings is 1. The lowest BCUT2D eigenvalue weighted by Gasteiger charge is -2.39. The summed E-state index contributed by atoms with van der Waals surface area (Å²) in [6.07, 6.45) is 14.6. The van der Waals surface area contributed by atoms with E-state index in [-0.39, 0.29) is 23.6 Å². The van der Waals surface area contributed by atoms with Crippen molar-refractivity contribution in [3.63, 3.8) is 0 Å². The monoisotopic (exact) mass is 733 g/mol. The van der Waals surface area contributed by atoms with Gasteiger partial charge in [0.1, 0.15) is 23.4 Å². The van der Waals surface area contributed by atoms with Crippen LogP contribution in [0.25, 0.3) is 11.3 Å². The first-order chi connectivity index (χ1) is 26.1. The van der Waals surface area contributed by atoms with Crippen LogP contribution in [0.4, 0.5) is 16.6 Å². The second kappa shape index (κ2) is 15.1. The molecule has 1 aromatic carbocycles. The summed E-state index contributed by atoms with van der Waals surface area (Å²) >= 11 is 0. The number of fused-ring (bicyclic) bond motifs is 2. The number of likely N-dealkylation sites (tertiary alicyclic amines) is 1. The molecule has 2 N–H and O–H groups in total. The molecule has 286 valence electrons. The van der Waals surface area contributed by atoms with Gasteiger partial charge < -0.3 is 19.9 Å². The first kappa shape index (κ1) is 36.1. The van der Waals surface area contributed by atoms with Gasteiger partial charge in [-0.2, -0.15) is 10.2 Å². The van der Waals surface area contributed by atoms with Crippen LogP contribution in [-0.2, 0) is 12.0 Å². The number of ether oxygens (including phenoxy) is 1. The molecule has 2 saturated heterocycles. The van der Waals surface area contributed by atoms with E-state index in [2.05, 4.69) is 86.9 Å². The van der Waals surface area contributed by atoms with Crippen molar-refractivity contribution in [2.75, 3.05) is 29.9 Å². The minimum Gasteiger partial charge on any atom is -0.484 e. The molecule has 8 rings (SSSR count). The maximum atomic E-state index is 13.8. The first-order valence-corrected chi connectivity index (χ1v) is 19.9. The Morgan fingerprint density at radius 2 is 1.67 bits per heavy atom. The number of carbonyl (C=O) groups is 1. The molecule has 0 saturated carbocycles. The first-order valence-electron chi connectivity index (χ1n) is 19.9. The Kier molecular flexibility index (Phi) is 10.1. The molecule has 2 aliphatic heterocycles. The number of carbonyl (C=O) groups excluding carboxylic acids is 1. The molecule has 4 atom stereocenters. The van der Waals surface area contributed by atoms with E-state index in [0.29, 0.717) is 17.9 Å². The standard InChI is InChI=1S/C41H55N11O2/c1-28-12-11-13-29(2)51(28)40-46-45-37-19-16-31(27-50(37)40)54-35-18-17-34(32-14-7-8-15-33(32)35)43-39(53)44-38-24-36(41(3,4)5)47-52(38)30-25-42-49(26-30)23-22-48-20-9-6-10-21-48/h7-8,14-16,19,24-29,34-35H,6,9-13,17-18,20-23H2,1-5H3,(H2,43,44,53)/t28-,29+,34-,35+/m0/s1. The number of nitrogens with one attached hydrogen (secondary N) is 2. The largest absolute Gasteiger partial charge is 0.484 e. The molecule has 6 heterocycles. The van der Waals surface area contributed by atoms with Gasteiger partial charge >= 0.3 is 6.03 Å². The summed E-state index contributed by atoms with van der Waals surface area (Å²) in [6, 6.07) is 14.5. The van der Waals surface area contributed by atoms with Crippen molar-refractivity contribution in [1.82, 2.24) is 44.4 Å². The number of benzene rings is 1. The summed E-state index contributed by atoms with van der Waals surface area (Å²) in [5.41, 5.74) is 4.44. The van der Waals surface area contributed by atoms with E-state index in [1.54, 1.807) is 4.68 Å². The molecular formula is C41H55N11O2. The van der Waals surface area contributed by atoms with Gasteiger partial charge in [0.2, 0.25) is 5.95 Å².